The van der Waals surface area contributed by atoms with Crippen LogP contribution in [0, 0.1) is 6.92 Å². The Morgan fingerprint density at radius 2 is 1.70 bits per heavy atom. The average molecular weight is 312 g/mol. The maximum atomic E-state index is 12.5. The highest BCUT2D eigenvalue weighted by Gasteiger charge is 2.27. The molecule has 0 aliphatic rings. The summed E-state index contributed by atoms with van der Waals surface area (Å²) in [5, 5.41) is 0. The van der Waals surface area contributed by atoms with Crippen LogP contribution in [0.25, 0.3) is 0 Å². The first-order chi connectivity index (χ1) is 10.9. The SMILES string of the molecule is Cc1cccc(C(=O)O[C@H](C(=O)N(C)C)c2ccccc2)c1N. The molecule has 0 radical (unpaired) electrons. The smallest absolute Gasteiger partial charge is 0.341 e. The van der Waals surface area contributed by atoms with Crippen LogP contribution in [0.5, 0.6) is 0 Å². The summed E-state index contributed by atoms with van der Waals surface area (Å²) < 4.78 is 5.47. The minimum atomic E-state index is -1.00. The number of carbonyl (C=O) groups excluding carboxylic acids is 2. The summed E-state index contributed by atoms with van der Waals surface area (Å²) in [5.41, 5.74) is 7.96. The normalized spacial score (nSPS) is 11.6. The van der Waals surface area contributed by atoms with Crippen molar-refractivity contribution in [1.29, 1.82) is 0 Å². The number of nitrogens with zero attached hydrogens (tertiary/aromatic N) is 1. The second-order valence-electron chi connectivity index (χ2n) is 5.46. The summed E-state index contributed by atoms with van der Waals surface area (Å²) in [7, 11) is 3.24. The molecule has 0 aliphatic carbocycles. The quantitative estimate of drug-likeness (QED) is 0.695. The standard InChI is InChI=1S/C18H20N2O3/c1-12-8-7-11-14(15(12)19)18(22)23-16(17(21)20(2)3)13-9-5-4-6-10-13/h4-11,16H,19H2,1-3H3/t16-/m0/s1. The summed E-state index contributed by atoms with van der Waals surface area (Å²) in [6, 6.07) is 14.0. The fourth-order valence-corrected chi connectivity index (χ4v) is 2.15. The number of rotatable bonds is 4. The lowest BCUT2D eigenvalue weighted by molar-refractivity contribution is -0.138. The largest absolute Gasteiger partial charge is 0.444 e. The molecule has 23 heavy (non-hydrogen) atoms. The van der Waals surface area contributed by atoms with Crippen LogP contribution in [0.4, 0.5) is 5.69 Å². The third-order valence-corrected chi connectivity index (χ3v) is 3.54. The van der Waals surface area contributed by atoms with Crippen LogP contribution in [0.3, 0.4) is 0 Å². The minimum absolute atomic E-state index is 0.262. The summed E-state index contributed by atoms with van der Waals surface area (Å²) in [6.07, 6.45) is -1.00. The molecule has 0 spiro atoms. The van der Waals surface area contributed by atoms with Gasteiger partial charge in [-0.25, -0.2) is 4.79 Å². The number of benzene rings is 2. The summed E-state index contributed by atoms with van der Waals surface area (Å²) in [6.45, 7) is 1.81. The molecule has 5 nitrogen and oxygen atoms in total. The highest BCUT2D eigenvalue weighted by atomic mass is 16.5. The van der Waals surface area contributed by atoms with Gasteiger partial charge in [0, 0.05) is 25.3 Å². The van der Waals surface area contributed by atoms with Crippen molar-refractivity contribution in [2.24, 2.45) is 0 Å². The number of carbonyl (C=O) groups is 2. The number of hydrogen-bond acceptors (Lipinski definition) is 4. The van der Waals surface area contributed by atoms with Crippen LogP contribution < -0.4 is 5.73 Å². The van der Waals surface area contributed by atoms with Crippen molar-refractivity contribution in [3.05, 3.63) is 65.2 Å². The molecule has 1 amide bonds. The van der Waals surface area contributed by atoms with Crippen LogP contribution in [0.2, 0.25) is 0 Å². The number of likely N-dealkylation sites (N-methyl/N-ethyl adjacent to an activating group) is 1. The lowest BCUT2D eigenvalue weighted by Gasteiger charge is -2.21. The molecule has 0 bridgehead atoms. The lowest BCUT2D eigenvalue weighted by atomic mass is 10.1. The topological polar surface area (TPSA) is 72.6 Å². The molecule has 2 rings (SSSR count). The molecule has 2 aromatic carbocycles. The summed E-state index contributed by atoms with van der Waals surface area (Å²) in [4.78, 5) is 26.2. The Hall–Kier alpha value is -2.82. The molecule has 0 saturated carbocycles. The van der Waals surface area contributed by atoms with Crippen molar-refractivity contribution in [3.63, 3.8) is 0 Å². The van der Waals surface area contributed by atoms with Crippen molar-refractivity contribution in [3.8, 4) is 0 Å². The van der Waals surface area contributed by atoms with E-state index in [1.807, 2.05) is 19.1 Å². The van der Waals surface area contributed by atoms with Crippen molar-refractivity contribution >= 4 is 17.6 Å². The first-order valence-electron chi connectivity index (χ1n) is 7.24. The highest BCUT2D eigenvalue weighted by molar-refractivity contribution is 5.97. The van der Waals surface area contributed by atoms with E-state index < -0.39 is 12.1 Å². The van der Waals surface area contributed by atoms with Crippen molar-refractivity contribution < 1.29 is 14.3 Å². The van der Waals surface area contributed by atoms with Gasteiger partial charge in [-0.3, -0.25) is 4.79 Å². The van der Waals surface area contributed by atoms with Gasteiger partial charge in [-0.2, -0.15) is 0 Å². The number of ether oxygens (including phenoxy) is 1. The van der Waals surface area contributed by atoms with Gasteiger partial charge in [0.1, 0.15) is 0 Å². The van der Waals surface area contributed by atoms with E-state index in [1.54, 1.807) is 50.5 Å². The molecule has 2 aromatic rings. The number of amides is 1. The lowest BCUT2D eigenvalue weighted by Crippen LogP contribution is -2.31. The molecule has 0 aromatic heterocycles. The average Bonchev–Trinajstić information content (AvgIpc) is 2.55. The van der Waals surface area contributed by atoms with Gasteiger partial charge in [-0.05, 0) is 18.6 Å². The predicted molar refractivity (Wildman–Crippen MR) is 88.9 cm³/mol. The highest BCUT2D eigenvalue weighted by Crippen LogP contribution is 2.24. The Labute approximate surface area is 135 Å². The molecular weight excluding hydrogens is 292 g/mol. The van der Waals surface area contributed by atoms with Crippen molar-refractivity contribution in [1.82, 2.24) is 4.90 Å². The summed E-state index contributed by atoms with van der Waals surface area (Å²) >= 11 is 0. The van der Waals surface area contributed by atoms with Crippen LogP contribution in [-0.4, -0.2) is 30.9 Å². The Morgan fingerprint density at radius 3 is 2.30 bits per heavy atom. The molecule has 0 unspecified atom stereocenters. The number of aryl methyl sites for hydroxylation is 1. The molecule has 0 saturated heterocycles. The van der Waals surface area contributed by atoms with E-state index in [4.69, 9.17) is 10.5 Å². The zero-order valence-corrected chi connectivity index (χ0v) is 13.4. The van der Waals surface area contributed by atoms with E-state index >= 15 is 0 Å². The maximum absolute atomic E-state index is 12.5. The number of para-hydroxylation sites is 1. The van der Waals surface area contributed by atoms with Crippen molar-refractivity contribution in [2.75, 3.05) is 19.8 Å². The van der Waals surface area contributed by atoms with Gasteiger partial charge in [0.05, 0.1) is 5.56 Å². The molecule has 0 heterocycles. The number of anilines is 1. The van der Waals surface area contributed by atoms with Gasteiger partial charge >= 0.3 is 5.97 Å². The van der Waals surface area contributed by atoms with Gasteiger partial charge in [-0.15, -0.1) is 0 Å². The minimum Gasteiger partial charge on any atom is -0.444 e. The van der Waals surface area contributed by atoms with Gasteiger partial charge < -0.3 is 15.4 Å². The van der Waals surface area contributed by atoms with Crippen LogP contribution in [0.1, 0.15) is 27.6 Å². The van der Waals surface area contributed by atoms with Gasteiger partial charge in [0.25, 0.3) is 5.91 Å². The van der Waals surface area contributed by atoms with Crippen LogP contribution >= 0.6 is 0 Å². The van der Waals surface area contributed by atoms with E-state index in [9.17, 15) is 9.59 Å². The van der Waals surface area contributed by atoms with E-state index in [2.05, 4.69) is 0 Å². The fraction of sp³-hybridized carbons (Fsp3) is 0.222. The van der Waals surface area contributed by atoms with E-state index in [1.165, 1.54) is 4.90 Å². The molecule has 5 heteroatoms. The number of esters is 1. The summed E-state index contributed by atoms with van der Waals surface area (Å²) in [5.74, 6) is -0.925. The number of hydrogen-bond donors (Lipinski definition) is 1. The first-order valence-corrected chi connectivity index (χ1v) is 7.24. The van der Waals surface area contributed by atoms with Gasteiger partial charge in [0.15, 0.2) is 0 Å². The molecule has 2 N–H and O–H groups in total. The third kappa shape index (κ3) is 3.69. The monoisotopic (exact) mass is 312 g/mol. The third-order valence-electron chi connectivity index (χ3n) is 3.54. The van der Waals surface area contributed by atoms with Crippen LogP contribution in [-0.2, 0) is 9.53 Å². The fourth-order valence-electron chi connectivity index (χ4n) is 2.15. The maximum Gasteiger partial charge on any atom is 0.341 e. The van der Waals surface area contributed by atoms with E-state index in [0.29, 0.717) is 11.3 Å². The van der Waals surface area contributed by atoms with Gasteiger partial charge in [0.2, 0.25) is 6.10 Å². The first kappa shape index (κ1) is 16.5. The zero-order valence-electron chi connectivity index (χ0n) is 13.4. The Morgan fingerprint density at radius 1 is 1.04 bits per heavy atom. The number of nitrogens with two attached hydrogens (primary N) is 1. The van der Waals surface area contributed by atoms with E-state index in [0.717, 1.165) is 5.56 Å². The Bertz CT molecular complexity index is 711. The molecular formula is C18H20N2O3. The molecule has 120 valence electrons. The van der Waals surface area contributed by atoms with Gasteiger partial charge in [-0.1, -0.05) is 42.5 Å². The Balaban J connectivity index is 2.33. The molecule has 1 atom stereocenters. The zero-order chi connectivity index (χ0) is 17.0. The van der Waals surface area contributed by atoms with Crippen molar-refractivity contribution in [2.45, 2.75) is 13.0 Å². The molecule has 0 fully saturated rings. The van der Waals surface area contributed by atoms with E-state index in [-0.39, 0.29) is 11.5 Å². The van der Waals surface area contributed by atoms with Crippen LogP contribution in [0.15, 0.2) is 48.5 Å². The predicted octanol–water partition coefficient (Wildman–Crippen LogP) is 2.56. The number of nitrogen functional groups attached to an aromatic ring is 1. The second kappa shape index (κ2) is 6.96. The second-order valence-corrected chi connectivity index (χ2v) is 5.46. The Kier molecular flexibility index (Phi) is 5.01. The molecule has 0 aliphatic heterocycles.